The van der Waals surface area contributed by atoms with Gasteiger partial charge >= 0.3 is 5.97 Å². The Morgan fingerprint density at radius 2 is 2.00 bits per heavy atom. The third kappa shape index (κ3) is 2.72. The van der Waals surface area contributed by atoms with Crippen molar-refractivity contribution < 1.29 is 19.4 Å². The van der Waals surface area contributed by atoms with E-state index in [2.05, 4.69) is 0 Å². The van der Waals surface area contributed by atoms with Crippen molar-refractivity contribution in [3.63, 3.8) is 0 Å². The van der Waals surface area contributed by atoms with Crippen molar-refractivity contribution in [2.24, 2.45) is 5.92 Å². The molecule has 1 heterocycles. The van der Waals surface area contributed by atoms with Crippen LogP contribution in [-0.4, -0.2) is 24.8 Å². The quantitative estimate of drug-likeness (QED) is 0.939. The number of hydrogen-bond acceptors (Lipinski definition) is 3. The van der Waals surface area contributed by atoms with Crippen LogP contribution in [0.5, 0.6) is 5.75 Å². The maximum Gasteiger partial charge on any atom is 0.309 e. The Balaban J connectivity index is 1.97. The molecule has 2 aromatic carbocycles. The lowest BCUT2D eigenvalue weighted by molar-refractivity contribution is -0.151. The fourth-order valence-electron chi connectivity index (χ4n) is 2.91. The minimum Gasteiger partial charge on any atom is -0.497 e. The summed E-state index contributed by atoms with van der Waals surface area (Å²) in [4.78, 5) is 11.4. The first-order valence-corrected chi connectivity index (χ1v) is 7.11. The van der Waals surface area contributed by atoms with Crippen LogP contribution in [0.25, 0.3) is 10.8 Å². The van der Waals surface area contributed by atoms with E-state index in [1.54, 1.807) is 7.11 Å². The second-order valence-corrected chi connectivity index (χ2v) is 5.35. The van der Waals surface area contributed by atoms with Crippen LogP contribution in [0.2, 0.25) is 0 Å². The van der Waals surface area contributed by atoms with Gasteiger partial charge in [0.2, 0.25) is 0 Å². The number of hydrogen-bond donors (Lipinski definition) is 1. The first-order valence-electron chi connectivity index (χ1n) is 7.11. The number of rotatable bonds is 3. The molecule has 0 aromatic heterocycles. The maximum atomic E-state index is 11.4. The number of aliphatic carboxylic acids is 1. The van der Waals surface area contributed by atoms with Gasteiger partial charge in [-0.25, -0.2) is 0 Å². The third-order valence-electron chi connectivity index (χ3n) is 4.04. The van der Waals surface area contributed by atoms with E-state index >= 15 is 0 Å². The predicted molar refractivity (Wildman–Crippen MR) is 79.6 cm³/mol. The summed E-state index contributed by atoms with van der Waals surface area (Å²) in [5.41, 5.74) is 0.930. The Hall–Kier alpha value is -2.07. The highest BCUT2D eigenvalue weighted by Crippen LogP contribution is 2.35. The zero-order valence-corrected chi connectivity index (χ0v) is 11.9. The Bertz CT molecular complexity index is 665. The molecule has 2 aromatic rings. The molecule has 0 amide bonds. The van der Waals surface area contributed by atoms with Crippen molar-refractivity contribution in [2.45, 2.75) is 18.9 Å². The summed E-state index contributed by atoms with van der Waals surface area (Å²) < 4.78 is 10.9. The molecule has 4 nitrogen and oxygen atoms in total. The maximum absolute atomic E-state index is 11.4. The molecule has 1 saturated heterocycles. The monoisotopic (exact) mass is 286 g/mol. The topological polar surface area (TPSA) is 55.8 Å². The molecule has 0 radical (unpaired) electrons. The molecule has 0 bridgehead atoms. The largest absolute Gasteiger partial charge is 0.497 e. The molecular formula is C17H18O4. The van der Waals surface area contributed by atoms with Crippen molar-refractivity contribution in [3.8, 4) is 5.75 Å². The lowest BCUT2D eigenvalue weighted by atomic mass is 9.89. The Morgan fingerprint density at radius 1 is 1.24 bits per heavy atom. The number of benzene rings is 2. The fraction of sp³-hybridized carbons (Fsp3) is 0.353. The summed E-state index contributed by atoms with van der Waals surface area (Å²) >= 11 is 0. The van der Waals surface area contributed by atoms with Crippen molar-refractivity contribution in [1.29, 1.82) is 0 Å². The second kappa shape index (κ2) is 5.74. The van der Waals surface area contributed by atoms with Crippen LogP contribution in [0, 0.1) is 5.92 Å². The Labute approximate surface area is 123 Å². The Kier molecular flexibility index (Phi) is 3.80. The molecule has 2 unspecified atom stereocenters. The number of fused-ring (bicyclic) bond motifs is 1. The standard InChI is InChI=1S/C17H18O4/c1-20-14-7-6-11-9-13(5-4-12(11)10-14)16-15(17(18)19)3-2-8-21-16/h4-7,9-10,15-16H,2-3,8H2,1H3,(H,18,19). The van der Waals surface area contributed by atoms with Gasteiger partial charge in [0, 0.05) is 6.61 Å². The zero-order valence-electron chi connectivity index (χ0n) is 11.9. The van der Waals surface area contributed by atoms with E-state index in [0.717, 1.165) is 28.5 Å². The van der Waals surface area contributed by atoms with Gasteiger partial charge in [0.05, 0.1) is 19.1 Å². The molecule has 0 aliphatic carbocycles. The van der Waals surface area contributed by atoms with Crippen molar-refractivity contribution >= 4 is 16.7 Å². The van der Waals surface area contributed by atoms with Crippen LogP contribution in [0.1, 0.15) is 24.5 Å². The molecule has 0 spiro atoms. The van der Waals surface area contributed by atoms with Gasteiger partial charge in [-0.3, -0.25) is 4.79 Å². The van der Waals surface area contributed by atoms with E-state index in [4.69, 9.17) is 9.47 Å². The van der Waals surface area contributed by atoms with E-state index in [9.17, 15) is 9.90 Å². The van der Waals surface area contributed by atoms with Gasteiger partial charge in [-0.05, 0) is 47.4 Å². The zero-order chi connectivity index (χ0) is 14.8. The van der Waals surface area contributed by atoms with E-state index in [1.807, 2.05) is 36.4 Å². The smallest absolute Gasteiger partial charge is 0.309 e. The average Bonchev–Trinajstić information content (AvgIpc) is 2.53. The van der Waals surface area contributed by atoms with Crippen LogP contribution >= 0.6 is 0 Å². The SMILES string of the molecule is COc1ccc2cc(C3OCCCC3C(=O)O)ccc2c1. The number of carboxylic acids is 1. The predicted octanol–water partition coefficient (Wildman–Crippen LogP) is 3.40. The van der Waals surface area contributed by atoms with Gasteiger partial charge in [0.15, 0.2) is 0 Å². The van der Waals surface area contributed by atoms with E-state index < -0.39 is 11.9 Å². The first-order chi connectivity index (χ1) is 10.2. The molecule has 1 N–H and O–H groups in total. The van der Waals surface area contributed by atoms with Crippen LogP contribution in [0.4, 0.5) is 0 Å². The molecule has 3 rings (SSSR count). The summed E-state index contributed by atoms with van der Waals surface area (Å²) in [6.45, 7) is 0.620. The number of carboxylic acid groups (broad SMARTS) is 1. The van der Waals surface area contributed by atoms with Gasteiger partial charge in [-0.1, -0.05) is 18.2 Å². The number of methoxy groups -OCH3 is 1. The number of ether oxygens (including phenoxy) is 2. The minimum absolute atomic E-state index is 0.359. The van der Waals surface area contributed by atoms with Gasteiger partial charge in [0.25, 0.3) is 0 Å². The lowest BCUT2D eigenvalue weighted by Crippen LogP contribution is -2.28. The average molecular weight is 286 g/mol. The second-order valence-electron chi connectivity index (χ2n) is 5.35. The van der Waals surface area contributed by atoms with E-state index in [1.165, 1.54) is 0 Å². The summed E-state index contributed by atoms with van der Waals surface area (Å²) in [6.07, 6.45) is 1.11. The number of carbonyl (C=O) groups is 1. The molecule has 1 aliphatic heterocycles. The van der Waals surface area contributed by atoms with Gasteiger partial charge in [0.1, 0.15) is 5.75 Å². The molecular weight excluding hydrogens is 268 g/mol. The van der Waals surface area contributed by atoms with Crippen LogP contribution < -0.4 is 4.74 Å². The molecule has 21 heavy (non-hydrogen) atoms. The summed E-state index contributed by atoms with van der Waals surface area (Å²) in [5, 5.41) is 11.5. The van der Waals surface area contributed by atoms with Crippen molar-refractivity contribution in [2.75, 3.05) is 13.7 Å². The van der Waals surface area contributed by atoms with E-state index in [0.29, 0.717) is 13.0 Å². The van der Waals surface area contributed by atoms with Crippen LogP contribution in [0.15, 0.2) is 36.4 Å². The normalized spacial score (nSPS) is 22.1. The summed E-state index contributed by atoms with van der Waals surface area (Å²) in [5.74, 6) is -0.434. The molecule has 2 atom stereocenters. The minimum atomic E-state index is -0.783. The highest BCUT2D eigenvalue weighted by molar-refractivity contribution is 5.84. The Morgan fingerprint density at radius 3 is 2.76 bits per heavy atom. The van der Waals surface area contributed by atoms with Crippen LogP contribution in [-0.2, 0) is 9.53 Å². The van der Waals surface area contributed by atoms with Crippen molar-refractivity contribution in [1.82, 2.24) is 0 Å². The fourth-order valence-corrected chi connectivity index (χ4v) is 2.91. The lowest BCUT2D eigenvalue weighted by Gasteiger charge is -2.29. The first kappa shape index (κ1) is 13.9. The van der Waals surface area contributed by atoms with E-state index in [-0.39, 0.29) is 6.10 Å². The molecule has 110 valence electrons. The highest BCUT2D eigenvalue weighted by Gasteiger charge is 2.32. The van der Waals surface area contributed by atoms with Gasteiger partial charge < -0.3 is 14.6 Å². The summed E-state index contributed by atoms with van der Waals surface area (Å²) in [7, 11) is 1.64. The highest BCUT2D eigenvalue weighted by atomic mass is 16.5. The van der Waals surface area contributed by atoms with Crippen molar-refractivity contribution in [3.05, 3.63) is 42.0 Å². The van der Waals surface area contributed by atoms with Gasteiger partial charge in [-0.15, -0.1) is 0 Å². The third-order valence-corrected chi connectivity index (χ3v) is 4.04. The molecule has 0 saturated carbocycles. The van der Waals surface area contributed by atoms with Gasteiger partial charge in [-0.2, -0.15) is 0 Å². The molecule has 4 heteroatoms. The molecule has 1 fully saturated rings. The van der Waals surface area contributed by atoms with Crippen LogP contribution in [0.3, 0.4) is 0 Å². The molecule has 1 aliphatic rings. The summed E-state index contributed by atoms with van der Waals surface area (Å²) in [6, 6.07) is 11.8.